The highest BCUT2D eigenvalue weighted by Gasteiger charge is 2.24. The summed E-state index contributed by atoms with van der Waals surface area (Å²) in [5.74, 6) is 0.321. The van der Waals surface area contributed by atoms with Crippen molar-refractivity contribution < 1.29 is 0 Å². The monoisotopic (exact) mass is 329 g/mol. The van der Waals surface area contributed by atoms with Crippen LogP contribution in [0.1, 0.15) is 49.0 Å². The summed E-state index contributed by atoms with van der Waals surface area (Å²) < 4.78 is 6.86. The Balaban J connectivity index is 2.44. The molecule has 5 nitrogen and oxygen atoms in total. The zero-order valence-electron chi connectivity index (χ0n) is 10.6. The Morgan fingerprint density at radius 2 is 2.22 bits per heavy atom. The molecule has 0 radical (unpaired) electrons. The minimum Gasteiger partial charge on any atom is -0.318 e. The van der Waals surface area contributed by atoms with Gasteiger partial charge in [0.25, 0.3) is 0 Å². The van der Waals surface area contributed by atoms with Gasteiger partial charge in [0.1, 0.15) is 0 Å². The van der Waals surface area contributed by atoms with Crippen molar-refractivity contribution in [2.45, 2.75) is 39.3 Å². The van der Waals surface area contributed by atoms with Crippen LogP contribution >= 0.6 is 27.5 Å². The van der Waals surface area contributed by atoms with E-state index in [1.54, 1.807) is 6.20 Å². The second kappa shape index (κ2) is 5.46. The predicted octanol–water partition coefficient (Wildman–Crippen LogP) is 2.69. The van der Waals surface area contributed by atoms with Gasteiger partial charge in [-0.15, -0.1) is 5.10 Å². The molecule has 2 rings (SSSR count). The minimum absolute atomic E-state index is 0.237. The topological polar surface area (TPSA) is 69.6 Å². The quantitative estimate of drug-likeness (QED) is 0.936. The second-order valence-electron chi connectivity index (χ2n) is 4.35. The van der Waals surface area contributed by atoms with Gasteiger partial charge in [-0.25, -0.2) is 0 Å². The first-order valence-electron chi connectivity index (χ1n) is 5.85. The first kappa shape index (κ1) is 13.6. The number of nitrogens with zero attached hydrogens (tertiary/aromatic N) is 4. The lowest BCUT2D eigenvalue weighted by atomic mass is 10.0. The van der Waals surface area contributed by atoms with Crippen LogP contribution in [0.2, 0.25) is 0 Å². The molecule has 0 fully saturated rings. The predicted molar refractivity (Wildman–Crippen MR) is 75.6 cm³/mol. The largest absolute Gasteiger partial charge is 0.318 e. The van der Waals surface area contributed by atoms with Crippen molar-refractivity contribution in [3.05, 3.63) is 26.9 Å². The Morgan fingerprint density at radius 3 is 2.83 bits per heavy atom. The number of rotatable bonds is 4. The van der Waals surface area contributed by atoms with Crippen LogP contribution in [0.3, 0.4) is 0 Å². The van der Waals surface area contributed by atoms with Crippen LogP contribution in [0, 0.1) is 0 Å². The molecule has 0 aliphatic rings. The van der Waals surface area contributed by atoms with E-state index in [1.165, 1.54) is 11.5 Å². The molecule has 0 saturated carbocycles. The van der Waals surface area contributed by atoms with Crippen LogP contribution in [0.25, 0.3) is 0 Å². The van der Waals surface area contributed by atoms with Gasteiger partial charge in [-0.05, 0) is 40.3 Å². The van der Waals surface area contributed by atoms with E-state index in [0.717, 1.165) is 27.3 Å². The summed E-state index contributed by atoms with van der Waals surface area (Å²) in [6, 6.07) is -0.237. The molecule has 7 heteroatoms. The van der Waals surface area contributed by atoms with Crippen LogP contribution in [0.4, 0.5) is 0 Å². The number of hydrogen-bond donors (Lipinski definition) is 1. The molecule has 0 spiro atoms. The van der Waals surface area contributed by atoms with Crippen LogP contribution in [0.15, 0.2) is 10.7 Å². The fraction of sp³-hybridized carbons (Fsp3) is 0.545. The first-order chi connectivity index (χ1) is 8.56. The number of aromatic nitrogens is 4. The summed E-state index contributed by atoms with van der Waals surface area (Å²) in [6.07, 6.45) is 1.78. The molecule has 0 amide bonds. The lowest BCUT2D eigenvalue weighted by Crippen LogP contribution is -2.18. The van der Waals surface area contributed by atoms with Gasteiger partial charge >= 0.3 is 0 Å². The van der Waals surface area contributed by atoms with Crippen LogP contribution in [0.5, 0.6) is 0 Å². The molecule has 2 heterocycles. The summed E-state index contributed by atoms with van der Waals surface area (Å²) in [6.45, 7) is 7.03. The average molecular weight is 330 g/mol. The van der Waals surface area contributed by atoms with E-state index in [1.807, 2.05) is 11.6 Å². The van der Waals surface area contributed by atoms with Gasteiger partial charge in [0.2, 0.25) is 0 Å². The maximum atomic E-state index is 6.36. The summed E-state index contributed by atoms with van der Waals surface area (Å²) >= 11 is 4.87. The standard InChI is InChI=1S/C11H16BrN5S/c1-4-17-10(7(12)5-14-17)8(13)11-9(6(2)3)15-16-18-11/h5-6,8H,4,13H2,1-3H3. The molecule has 0 aliphatic heterocycles. The highest BCUT2D eigenvalue weighted by molar-refractivity contribution is 9.10. The molecule has 0 saturated heterocycles. The van der Waals surface area contributed by atoms with E-state index >= 15 is 0 Å². The normalized spacial score (nSPS) is 13.2. The molecular formula is C11H16BrN5S. The Labute approximate surface area is 119 Å². The molecule has 2 aromatic heterocycles. The molecule has 2 aromatic rings. The van der Waals surface area contributed by atoms with E-state index in [9.17, 15) is 0 Å². The molecule has 18 heavy (non-hydrogen) atoms. The van der Waals surface area contributed by atoms with Crippen molar-refractivity contribution in [1.82, 2.24) is 19.4 Å². The van der Waals surface area contributed by atoms with Gasteiger partial charge in [0, 0.05) is 6.54 Å². The molecule has 98 valence electrons. The Kier molecular flexibility index (Phi) is 4.14. The maximum absolute atomic E-state index is 6.36. The fourth-order valence-corrected chi connectivity index (χ4v) is 3.23. The Hall–Kier alpha value is -0.790. The van der Waals surface area contributed by atoms with E-state index in [0.29, 0.717) is 5.92 Å². The molecule has 2 N–H and O–H groups in total. The van der Waals surface area contributed by atoms with Crippen LogP contribution < -0.4 is 5.73 Å². The first-order valence-corrected chi connectivity index (χ1v) is 7.41. The zero-order chi connectivity index (χ0) is 13.3. The van der Waals surface area contributed by atoms with E-state index in [2.05, 4.69) is 44.5 Å². The fourth-order valence-electron chi connectivity index (χ4n) is 1.88. The summed E-state index contributed by atoms with van der Waals surface area (Å²) in [7, 11) is 0. The van der Waals surface area contributed by atoms with Crippen molar-refractivity contribution >= 4 is 27.5 Å². The Bertz CT molecular complexity index is 533. The van der Waals surface area contributed by atoms with Crippen molar-refractivity contribution in [1.29, 1.82) is 0 Å². The van der Waals surface area contributed by atoms with Crippen molar-refractivity contribution in [3.63, 3.8) is 0 Å². The number of aryl methyl sites for hydroxylation is 1. The van der Waals surface area contributed by atoms with Gasteiger partial charge in [-0.1, -0.05) is 18.3 Å². The molecule has 0 aliphatic carbocycles. The van der Waals surface area contributed by atoms with E-state index < -0.39 is 0 Å². The Morgan fingerprint density at radius 1 is 1.50 bits per heavy atom. The van der Waals surface area contributed by atoms with Gasteiger partial charge in [0.05, 0.1) is 33.0 Å². The third-order valence-corrected chi connectivity index (χ3v) is 4.23. The van der Waals surface area contributed by atoms with Crippen molar-refractivity contribution in [3.8, 4) is 0 Å². The molecular weight excluding hydrogens is 314 g/mol. The van der Waals surface area contributed by atoms with Gasteiger partial charge in [-0.2, -0.15) is 5.10 Å². The lowest BCUT2D eigenvalue weighted by molar-refractivity contribution is 0.598. The van der Waals surface area contributed by atoms with Crippen LogP contribution in [-0.2, 0) is 6.54 Å². The summed E-state index contributed by atoms with van der Waals surface area (Å²) in [5, 5.41) is 8.47. The number of hydrogen-bond acceptors (Lipinski definition) is 5. The van der Waals surface area contributed by atoms with Gasteiger partial charge < -0.3 is 5.73 Å². The smallest absolute Gasteiger partial charge is 0.0863 e. The van der Waals surface area contributed by atoms with Crippen molar-refractivity contribution in [2.24, 2.45) is 5.73 Å². The van der Waals surface area contributed by atoms with E-state index in [4.69, 9.17) is 5.73 Å². The summed E-state index contributed by atoms with van der Waals surface area (Å²) in [5.41, 5.74) is 8.31. The molecule has 1 unspecified atom stereocenters. The highest BCUT2D eigenvalue weighted by atomic mass is 79.9. The third-order valence-electron chi connectivity index (χ3n) is 2.80. The molecule has 0 aromatic carbocycles. The second-order valence-corrected chi connectivity index (χ2v) is 5.99. The maximum Gasteiger partial charge on any atom is 0.0863 e. The number of nitrogens with two attached hydrogens (primary N) is 1. The minimum atomic E-state index is -0.237. The molecule has 1 atom stereocenters. The third kappa shape index (κ3) is 2.34. The van der Waals surface area contributed by atoms with Gasteiger partial charge in [-0.3, -0.25) is 4.68 Å². The van der Waals surface area contributed by atoms with E-state index in [-0.39, 0.29) is 6.04 Å². The van der Waals surface area contributed by atoms with Gasteiger partial charge in [0.15, 0.2) is 0 Å². The number of halogens is 1. The highest BCUT2D eigenvalue weighted by Crippen LogP contribution is 2.32. The lowest BCUT2D eigenvalue weighted by Gasteiger charge is -2.14. The average Bonchev–Trinajstić information content (AvgIpc) is 2.94. The summed E-state index contributed by atoms with van der Waals surface area (Å²) in [4.78, 5) is 1.01. The zero-order valence-corrected chi connectivity index (χ0v) is 13.0. The van der Waals surface area contributed by atoms with Crippen molar-refractivity contribution in [2.75, 3.05) is 0 Å². The van der Waals surface area contributed by atoms with Crippen LogP contribution in [-0.4, -0.2) is 19.4 Å². The SMILES string of the molecule is CCn1ncc(Br)c1C(N)c1snnc1C(C)C. The molecule has 0 bridgehead atoms.